The molecule has 0 unspecified atom stereocenters. The lowest BCUT2D eigenvalue weighted by atomic mass is 9.97. The van der Waals surface area contributed by atoms with E-state index in [2.05, 4.69) is 0 Å². The fourth-order valence-electron chi connectivity index (χ4n) is 1.82. The second kappa shape index (κ2) is 7.10. The van der Waals surface area contributed by atoms with E-state index in [4.69, 9.17) is 21.4 Å². The summed E-state index contributed by atoms with van der Waals surface area (Å²) in [4.78, 5) is 22.8. The van der Waals surface area contributed by atoms with Gasteiger partial charge in [0.05, 0.1) is 5.02 Å². The van der Waals surface area contributed by atoms with Crippen LogP contribution in [-0.4, -0.2) is 23.5 Å². The van der Waals surface area contributed by atoms with Gasteiger partial charge in [0.25, 0.3) is 0 Å². The maximum absolute atomic E-state index is 12.3. The summed E-state index contributed by atoms with van der Waals surface area (Å²) in [6, 6.07) is 4.55. The summed E-state index contributed by atoms with van der Waals surface area (Å²) in [5.41, 5.74) is 2.08. The third-order valence-corrected chi connectivity index (χ3v) is 3.09. The number of ether oxygens (including phenoxy) is 1. The van der Waals surface area contributed by atoms with Gasteiger partial charge in [0.2, 0.25) is 0 Å². The minimum absolute atomic E-state index is 0.109. The second-order valence-corrected chi connectivity index (χ2v) is 4.89. The molecule has 0 saturated carbocycles. The zero-order chi connectivity index (χ0) is 15.3. The van der Waals surface area contributed by atoms with Crippen molar-refractivity contribution >= 4 is 23.4 Å². The van der Waals surface area contributed by atoms with E-state index < -0.39 is 12.6 Å². The Balaban J connectivity index is 3.02. The molecule has 1 aromatic rings. The van der Waals surface area contributed by atoms with Crippen LogP contribution in [-0.2, 0) is 4.79 Å². The van der Waals surface area contributed by atoms with Gasteiger partial charge in [-0.1, -0.05) is 24.1 Å². The monoisotopic (exact) mass is 296 g/mol. The second-order valence-electron chi connectivity index (χ2n) is 4.49. The molecule has 0 aliphatic carbocycles. The molecular formula is C15H17ClO4. The number of carboxylic acids is 1. The zero-order valence-electron chi connectivity index (χ0n) is 11.7. The van der Waals surface area contributed by atoms with Crippen LogP contribution in [0.5, 0.6) is 5.75 Å². The number of Topliss-reactive ketones (excluding diaryl/α,β-unsaturated/α-hetero) is 1. The number of halogens is 1. The van der Waals surface area contributed by atoms with E-state index in [-0.39, 0.29) is 10.8 Å². The van der Waals surface area contributed by atoms with E-state index >= 15 is 0 Å². The highest BCUT2D eigenvalue weighted by Crippen LogP contribution is 2.26. The minimum Gasteiger partial charge on any atom is -0.482 e. The number of benzene rings is 1. The topological polar surface area (TPSA) is 63.6 Å². The molecule has 1 rings (SSSR count). The number of allylic oxidation sites excluding steroid dienone is 2. The van der Waals surface area contributed by atoms with Gasteiger partial charge in [-0.25, -0.2) is 4.79 Å². The van der Waals surface area contributed by atoms with Crippen molar-refractivity contribution in [1.29, 1.82) is 0 Å². The third kappa shape index (κ3) is 4.10. The molecule has 0 fully saturated rings. The van der Waals surface area contributed by atoms with Crippen LogP contribution in [0.25, 0.3) is 0 Å². The normalized spacial score (nSPS) is 10.0. The van der Waals surface area contributed by atoms with Crippen molar-refractivity contribution < 1.29 is 19.4 Å². The van der Waals surface area contributed by atoms with Crippen LogP contribution in [0.15, 0.2) is 29.3 Å². The molecule has 1 aromatic carbocycles. The highest BCUT2D eigenvalue weighted by Gasteiger charge is 2.16. The number of ketones is 1. The highest BCUT2D eigenvalue weighted by atomic mass is 35.5. The van der Waals surface area contributed by atoms with Crippen molar-refractivity contribution in [2.24, 2.45) is 0 Å². The summed E-state index contributed by atoms with van der Waals surface area (Å²) < 4.78 is 5.01. The van der Waals surface area contributed by atoms with Crippen molar-refractivity contribution in [2.45, 2.75) is 27.2 Å². The van der Waals surface area contributed by atoms with E-state index in [1.54, 1.807) is 12.1 Å². The van der Waals surface area contributed by atoms with E-state index in [0.717, 1.165) is 11.1 Å². The number of rotatable bonds is 6. The molecule has 0 aliphatic heterocycles. The first-order valence-electron chi connectivity index (χ1n) is 6.22. The van der Waals surface area contributed by atoms with Gasteiger partial charge in [-0.15, -0.1) is 0 Å². The maximum Gasteiger partial charge on any atom is 0.341 e. The van der Waals surface area contributed by atoms with Crippen LogP contribution >= 0.6 is 11.6 Å². The van der Waals surface area contributed by atoms with Crippen LogP contribution in [0.3, 0.4) is 0 Å². The molecule has 0 bridgehead atoms. The SMILES string of the molecule is CCC(C(=O)c1ccc(OCC(=O)O)cc1Cl)=C(C)C. The van der Waals surface area contributed by atoms with Gasteiger partial charge in [-0.3, -0.25) is 4.79 Å². The molecule has 1 N–H and O–H groups in total. The number of hydrogen-bond acceptors (Lipinski definition) is 3. The van der Waals surface area contributed by atoms with Gasteiger partial charge in [0.15, 0.2) is 12.4 Å². The molecule has 4 nitrogen and oxygen atoms in total. The third-order valence-electron chi connectivity index (χ3n) is 2.78. The fourth-order valence-corrected chi connectivity index (χ4v) is 2.07. The van der Waals surface area contributed by atoms with Crippen LogP contribution in [0.2, 0.25) is 5.02 Å². The van der Waals surface area contributed by atoms with Gasteiger partial charge >= 0.3 is 5.97 Å². The molecule has 0 aliphatic rings. The number of carboxylic acid groups (broad SMARTS) is 1. The minimum atomic E-state index is -1.07. The summed E-state index contributed by atoms with van der Waals surface area (Å²) in [6.45, 7) is 5.24. The molecule has 0 saturated heterocycles. The van der Waals surface area contributed by atoms with Crippen molar-refractivity contribution in [3.8, 4) is 5.75 Å². The number of carbonyl (C=O) groups is 2. The predicted octanol–water partition coefficient (Wildman–Crippen LogP) is 3.73. The molecule has 0 atom stereocenters. The average molecular weight is 297 g/mol. The lowest BCUT2D eigenvalue weighted by molar-refractivity contribution is -0.139. The van der Waals surface area contributed by atoms with E-state index in [1.165, 1.54) is 6.07 Å². The van der Waals surface area contributed by atoms with Gasteiger partial charge in [0, 0.05) is 5.56 Å². The molecule has 0 amide bonds. The fraction of sp³-hybridized carbons (Fsp3) is 0.333. The average Bonchev–Trinajstić information content (AvgIpc) is 2.36. The van der Waals surface area contributed by atoms with E-state index in [9.17, 15) is 9.59 Å². The Kier molecular flexibility index (Phi) is 5.77. The predicted molar refractivity (Wildman–Crippen MR) is 77.6 cm³/mol. The first-order chi connectivity index (χ1) is 9.36. The highest BCUT2D eigenvalue weighted by molar-refractivity contribution is 6.35. The van der Waals surface area contributed by atoms with Crippen molar-refractivity contribution in [3.63, 3.8) is 0 Å². The molecule has 5 heteroatoms. The molecule has 20 heavy (non-hydrogen) atoms. The Morgan fingerprint density at radius 2 is 1.95 bits per heavy atom. The Morgan fingerprint density at radius 1 is 1.30 bits per heavy atom. The number of carbonyl (C=O) groups excluding carboxylic acids is 1. The summed E-state index contributed by atoms with van der Waals surface area (Å²) in [6.07, 6.45) is 0.634. The Morgan fingerprint density at radius 3 is 2.40 bits per heavy atom. The summed E-state index contributed by atoms with van der Waals surface area (Å²) in [7, 11) is 0. The summed E-state index contributed by atoms with van der Waals surface area (Å²) >= 11 is 6.07. The van der Waals surface area contributed by atoms with Crippen LogP contribution < -0.4 is 4.74 Å². The van der Waals surface area contributed by atoms with Gasteiger partial charge < -0.3 is 9.84 Å². The molecule has 0 radical (unpaired) electrons. The molecular weight excluding hydrogens is 280 g/mol. The van der Waals surface area contributed by atoms with Crippen LogP contribution in [0, 0.1) is 0 Å². The molecule has 108 valence electrons. The number of hydrogen-bond donors (Lipinski definition) is 1. The first kappa shape index (κ1) is 16.2. The Labute approximate surface area is 123 Å². The largest absolute Gasteiger partial charge is 0.482 e. The van der Waals surface area contributed by atoms with Crippen molar-refractivity contribution in [1.82, 2.24) is 0 Å². The summed E-state index contributed by atoms with van der Waals surface area (Å²) in [5, 5.41) is 8.79. The lowest BCUT2D eigenvalue weighted by Crippen LogP contribution is -2.10. The molecule has 0 spiro atoms. The lowest BCUT2D eigenvalue weighted by Gasteiger charge is -2.10. The zero-order valence-corrected chi connectivity index (χ0v) is 12.5. The Bertz CT molecular complexity index is 557. The molecule has 0 heterocycles. The van der Waals surface area contributed by atoms with Gasteiger partial charge in [-0.05, 0) is 44.0 Å². The van der Waals surface area contributed by atoms with E-state index in [1.807, 2.05) is 20.8 Å². The quantitative estimate of drug-likeness (QED) is 0.641. The maximum atomic E-state index is 12.3. The number of aliphatic carboxylic acids is 1. The van der Waals surface area contributed by atoms with Gasteiger partial charge in [-0.2, -0.15) is 0 Å². The van der Waals surface area contributed by atoms with Gasteiger partial charge in [0.1, 0.15) is 5.75 Å². The standard InChI is InChI=1S/C15H17ClO4/c1-4-11(9(2)3)15(19)12-6-5-10(7-13(12)16)20-8-14(17)18/h5-7H,4,8H2,1-3H3,(H,17,18). The smallest absolute Gasteiger partial charge is 0.341 e. The summed E-state index contributed by atoms with van der Waals surface area (Å²) in [5.74, 6) is -0.856. The Hall–Kier alpha value is -1.81. The molecule has 0 aromatic heterocycles. The first-order valence-corrected chi connectivity index (χ1v) is 6.59. The van der Waals surface area contributed by atoms with Crippen molar-refractivity contribution in [2.75, 3.05) is 6.61 Å². The van der Waals surface area contributed by atoms with E-state index in [0.29, 0.717) is 17.7 Å². The van der Waals surface area contributed by atoms with Crippen molar-refractivity contribution in [3.05, 3.63) is 39.9 Å². The van der Waals surface area contributed by atoms with Crippen LogP contribution in [0.4, 0.5) is 0 Å². The van der Waals surface area contributed by atoms with Crippen LogP contribution in [0.1, 0.15) is 37.6 Å².